The summed E-state index contributed by atoms with van der Waals surface area (Å²) in [4.78, 5) is 0. The molecule has 1 fully saturated rings. The molecule has 6 heteroatoms. The zero-order valence-electron chi connectivity index (χ0n) is 13.5. The van der Waals surface area contributed by atoms with Crippen LogP contribution in [0.2, 0.25) is 0 Å². The molecule has 0 aliphatic carbocycles. The van der Waals surface area contributed by atoms with Gasteiger partial charge >= 0.3 is 0 Å². The fourth-order valence-electron chi connectivity index (χ4n) is 2.52. The normalized spacial score (nSPS) is 21.3. The third-order valence-electron chi connectivity index (χ3n) is 3.68. The van der Waals surface area contributed by atoms with Crippen LogP contribution in [0.5, 0.6) is 0 Å². The van der Waals surface area contributed by atoms with Gasteiger partial charge in [0, 0.05) is 13.2 Å². The largest absolute Gasteiger partial charge is 0.353 e. The summed E-state index contributed by atoms with van der Waals surface area (Å²) in [6.45, 7) is 3.47. The first-order valence-electron chi connectivity index (χ1n) is 8.23. The van der Waals surface area contributed by atoms with E-state index in [1.807, 2.05) is 0 Å². The van der Waals surface area contributed by atoms with Crippen LogP contribution in [0.25, 0.3) is 0 Å². The number of nitrogens with one attached hydrogen (secondary N) is 1. The van der Waals surface area contributed by atoms with Crippen molar-refractivity contribution in [1.29, 1.82) is 0 Å². The van der Waals surface area contributed by atoms with Gasteiger partial charge in [0.2, 0.25) is 10.0 Å². The lowest BCUT2D eigenvalue weighted by Crippen LogP contribution is -2.29. The summed E-state index contributed by atoms with van der Waals surface area (Å²) in [6, 6.07) is 0. The molecule has 21 heavy (non-hydrogen) atoms. The van der Waals surface area contributed by atoms with Gasteiger partial charge in [-0.05, 0) is 38.5 Å². The van der Waals surface area contributed by atoms with Crippen molar-refractivity contribution in [3.63, 3.8) is 0 Å². The van der Waals surface area contributed by atoms with Gasteiger partial charge in [0.05, 0.1) is 12.4 Å². The van der Waals surface area contributed by atoms with E-state index < -0.39 is 10.0 Å². The van der Waals surface area contributed by atoms with Gasteiger partial charge < -0.3 is 9.47 Å². The number of hydrogen-bond donors (Lipinski definition) is 1. The summed E-state index contributed by atoms with van der Waals surface area (Å²) in [6.07, 6.45) is 10.9. The number of rotatable bonds is 11. The average molecular weight is 321 g/mol. The predicted molar refractivity (Wildman–Crippen MR) is 84.7 cm³/mol. The van der Waals surface area contributed by atoms with Crippen molar-refractivity contribution in [3.05, 3.63) is 0 Å². The Morgan fingerprint density at radius 3 is 2.62 bits per heavy atom. The molecule has 1 aliphatic rings. The maximum absolute atomic E-state index is 11.0. The van der Waals surface area contributed by atoms with E-state index in [9.17, 15) is 8.42 Å². The highest BCUT2D eigenvalue weighted by Gasteiger charge is 2.19. The van der Waals surface area contributed by atoms with E-state index in [-0.39, 0.29) is 12.4 Å². The molecule has 0 saturated carbocycles. The maximum atomic E-state index is 11.0. The van der Waals surface area contributed by atoms with Gasteiger partial charge in [-0.15, -0.1) is 0 Å². The Labute approximate surface area is 129 Å². The first-order valence-corrected chi connectivity index (χ1v) is 10.1. The molecule has 1 heterocycles. The second-order valence-electron chi connectivity index (χ2n) is 5.86. The third kappa shape index (κ3) is 10.2. The van der Waals surface area contributed by atoms with E-state index in [2.05, 4.69) is 11.6 Å². The summed E-state index contributed by atoms with van der Waals surface area (Å²) in [5, 5.41) is 0. The number of unbranched alkanes of at least 4 members (excludes halogenated alkanes) is 2. The van der Waals surface area contributed by atoms with E-state index >= 15 is 0 Å². The lowest BCUT2D eigenvalue weighted by atomic mass is 10.1. The summed E-state index contributed by atoms with van der Waals surface area (Å²) in [7, 11) is -3.09. The van der Waals surface area contributed by atoms with Crippen molar-refractivity contribution in [1.82, 2.24) is 4.72 Å². The Morgan fingerprint density at radius 2 is 2.00 bits per heavy atom. The molecule has 1 saturated heterocycles. The zero-order chi connectivity index (χ0) is 15.6. The van der Waals surface area contributed by atoms with Crippen LogP contribution in [-0.2, 0) is 19.5 Å². The van der Waals surface area contributed by atoms with Crippen LogP contribution >= 0.6 is 0 Å². The lowest BCUT2D eigenvalue weighted by molar-refractivity contribution is -0.190. The van der Waals surface area contributed by atoms with Crippen LogP contribution in [0.3, 0.4) is 0 Å². The Balaban J connectivity index is 2.28. The van der Waals surface area contributed by atoms with Crippen molar-refractivity contribution in [2.45, 2.75) is 77.1 Å². The van der Waals surface area contributed by atoms with Crippen molar-refractivity contribution in [2.24, 2.45) is 0 Å². The van der Waals surface area contributed by atoms with Crippen LogP contribution in [-0.4, -0.2) is 40.2 Å². The Kier molecular flexibility index (Phi) is 9.47. The molecule has 0 aromatic carbocycles. The molecule has 126 valence electrons. The molecular weight excluding hydrogens is 290 g/mol. The molecule has 1 aliphatic heterocycles. The van der Waals surface area contributed by atoms with Gasteiger partial charge in [-0.2, -0.15) is 0 Å². The van der Waals surface area contributed by atoms with Gasteiger partial charge in [0.25, 0.3) is 0 Å². The Morgan fingerprint density at radius 1 is 1.24 bits per heavy atom. The SMILES string of the molecule is CCCCCC(CCCNS(C)(=O)=O)OC1CCCCO1. The van der Waals surface area contributed by atoms with Gasteiger partial charge in [0.15, 0.2) is 6.29 Å². The summed E-state index contributed by atoms with van der Waals surface area (Å²) < 4.78 is 36.3. The molecule has 0 bridgehead atoms. The second kappa shape index (κ2) is 10.5. The minimum atomic E-state index is -3.09. The summed E-state index contributed by atoms with van der Waals surface area (Å²) >= 11 is 0. The highest BCUT2D eigenvalue weighted by atomic mass is 32.2. The number of ether oxygens (including phenoxy) is 2. The highest BCUT2D eigenvalue weighted by molar-refractivity contribution is 7.88. The predicted octanol–water partition coefficient (Wildman–Crippen LogP) is 2.81. The van der Waals surface area contributed by atoms with Crippen LogP contribution < -0.4 is 4.72 Å². The molecule has 0 radical (unpaired) electrons. The molecule has 5 nitrogen and oxygen atoms in total. The monoisotopic (exact) mass is 321 g/mol. The van der Waals surface area contributed by atoms with Crippen molar-refractivity contribution < 1.29 is 17.9 Å². The number of sulfonamides is 1. The second-order valence-corrected chi connectivity index (χ2v) is 7.69. The van der Waals surface area contributed by atoms with Gasteiger partial charge in [-0.3, -0.25) is 0 Å². The van der Waals surface area contributed by atoms with E-state index in [0.29, 0.717) is 6.54 Å². The molecule has 0 aromatic heterocycles. The van der Waals surface area contributed by atoms with E-state index in [0.717, 1.165) is 45.1 Å². The molecule has 0 amide bonds. The standard InChI is InChI=1S/C15H31NO4S/c1-3-4-5-9-14(10-8-12-16-21(2,17)18)20-15-11-6-7-13-19-15/h14-16H,3-13H2,1-2H3. The van der Waals surface area contributed by atoms with E-state index in [4.69, 9.17) is 9.47 Å². The average Bonchev–Trinajstić information content (AvgIpc) is 2.43. The molecule has 2 atom stereocenters. The van der Waals surface area contributed by atoms with Crippen molar-refractivity contribution in [2.75, 3.05) is 19.4 Å². The topological polar surface area (TPSA) is 64.6 Å². The molecule has 0 aromatic rings. The fraction of sp³-hybridized carbons (Fsp3) is 1.00. The maximum Gasteiger partial charge on any atom is 0.208 e. The lowest BCUT2D eigenvalue weighted by Gasteiger charge is -2.28. The van der Waals surface area contributed by atoms with E-state index in [1.165, 1.54) is 25.5 Å². The smallest absolute Gasteiger partial charge is 0.208 e. The third-order valence-corrected chi connectivity index (χ3v) is 4.41. The zero-order valence-corrected chi connectivity index (χ0v) is 14.3. The minimum absolute atomic E-state index is 0.0618. The van der Waals surface area contributed by atoms with Crippen LogP contribution in [0.1, 0.15) is 64.7 Å². The first kappa shape index (κ1) is 18.9. The highest BCUT2D eigenvalue weighted by Crippen LogP contribution is 2.20. The van der Waals surface area contributed by atoms with Gasteiger partial charge in [-0.25, -0.2) is 13.1 Å². The summed E-state index contributed by atoms with van der Waals surface area (Å²) in [5.41, 5.74) is 0. The van der Waals surface area contributed by atoms with E-state index in [1.54, 1.807) is 0 Å². The van der Waals surface area contributed by atoms with Crippen LogP contribution in [0.15, 0.2) is 0 Å². The van der Waals surface area contributed by atoms with Gasteiger partial charge in [0.1, 0.15) is 0 Å². The molecule has 0 spiro atoms. The fourth-order valence-corrected chi connectivity index (χ4v) is 3.04. The molecule has 1 N–H and O–H groups in total. The van der Waals surface area contributed by atoms with Crippen LogP contribution in [0, 0.1) is 0 Å². The van der Waals surface area contributed by atoms with Crippen molar-refractivity contribution in [3.8, 4) is 0 Å². The van der Waals surface area contributed by atoms with Crippen LogP contribution in [0.4, 0.5) is 0 Å². The Bertz CT molecular complexity index is 353. The quantitative estimate of drug-likeness (QED) is 0.594. The molecule has 1 rings (SSSR count). The number of hydrogen-bond acceptors (Lipinski definition) is 4. The Hall–Kier alpha value is -0.170. The van der Waals surface area contributed by atoms with Crippen molar-refractivity contribution >= 4 is 10.0 Å². The molecular formula is C15H31NO4S. The minimum Gasteiger partial charge on any atom is -0.353 e. The summed E-state index contributed by atoms with van der Waals surface area (Å²) in [5.74, 6) is 0. The first-order chi connectivity index (χ1) is 10.0. The molecule has 2 unspecified atom stereocenters. The van der Waals surface area contributed by atoms with Gasteiger partial charge in [-0.1, -0.05) is 26.2 Å².